The maximum Gasteiger partial charge on any atom is 0.266 e. The Bertz CT molecular complexity index is 1160. The molecule has 1 heterocycles. The predicted octanol–water partition coefficient (Wildman–Crippen LogP) is 6.71. The zero-order chi connectivity index (χ0) is 21.1. The Labute approximate surface area is 187 Å². The van der Waals surface area contributed by atoms with Crippen molar-refractivity contribution in [1.29, 1.82) is 5.26 Å². The van der Waals surface area contributed by atoms with Gasteiger partial charge in [-0.25, -0.2) is 0 Å². The van der Waals surface area contributed by atoms with E-state index in [9.17, 15) is 10.1 Å². The van der Waals surface area contributed by atoms with E-state index < -0.39 is 5.91 Å². The van der Waals surface area contributed by atoms with E-state index in [2.05, 4.69) is 21.2 Å². The van der Waals surface area contributed by atoms with Crippen molar-refractivity contribution in [3.63, 3.8) is 0 Å². The van der Waals surface area contributed by atoms with Gasteiger partial charge < -0.3 is 9.88 Å². The van der Waals surface area contributed by atoms with Crippen LogP contribution in [0.5, 0.6) is 0 Å². The number of hydrogen-bond donors (Lipinski definition) is 1. The maximum atomic E-state index is 12.5. The van der Waals surface area contributed by atoms with Crippen LogP contribution in [-0.2, 0) is 4.79 Å². The van der Waals surface area contributed by atoms with Gasteiger partial charge in [0.25, 0.3) is 5.91 Å². The first-order chi connectivity index (χ1) is 13.8. The van der Waals surface area contributed by atoms with Gasteiger partial charge in [-0.05, 0) is 74.0 Å². The minimum absolute atomic E-state index is 0.00496. The van der Waals surface area contributed by atoms with Crippen molar-refractivity contribution in [2.45, 2.75) is 13.8 Å². The van der Waals surface area contributed by atoms with Crippen molar-refractivity contribution in [3.05, 3.63) is 85.6 Å². The van der Waals surface area contributed by atoms with E-state index in [-0.39, 0.29) is 5.57 Å². The number of nitriles is 1. The number of nitrogens with one attached hydrogen (secondary N) is 1. The Kier molecular flexibility index (Phi) is 6.49. The normalized spacial score (nSPS) is 11.2. The van der Waals surface area contributed by atoms with Crippen LogP contribution in [0.1, 0.15) is 17.0 Å². The van der Waals surface area contributed by atoms with Crippen LogP contribution in [-0.4, -0.2) is 10.5 Å². The molecule has 7 heteroatoms. The number of nitrogens with zero attached hydrogens (tertiary/aromatic N) is 2. The first-order valence-corrected chi connectivity index (χ1v) is 10.2. The number of amides is 1. The highest BCUT2D eigenvalue weighted by molar-refractivity contribution is 9.10. The standard InChI is InChI=1S/C22H16BrCl2N3O/c1-13-9-15(14(2)28(13)21-11-18(24)5-8-20(21)25)10-16(12-26)22(29)27-19-6-3-17(23)4-7-19/h3-11H,1-2H3,(H,27,29)/b16-10-. The average Bonchev–Trinajstić information content (AvgIpc) is 2.96. The molecular formula is C22H16BrCl2N3O. The van der Waals surface area contributed by atoms with Crippen LogP contribution in [0, 0.1) is 25.2 Å². The molecule has 3 rings (SSSR count). The van der Waals surface area contributed by atoms with E-state index in [1.54, 1.807) is 36.4 Å². The molecule has 3 aromatic rings. The molecule has 0 atom stereocenters. The van der Waals surface area contributed by atoms with E-state index in [1.165, 1.54) is 0 Å². The fourth-order valence-electron chi connectivity index (χ4n) is 3.00. The van der Waals surface area contributed by atoms with Gasteiger partial charge in [0.2, 0.25) is 0 Å². The van der Waals surface area contributed by atoms with Crippen LogP contribution in [0.25, 0.3) is 11.8 Å². The third kappa shape index (κ3) is 4.73. The van der Waals surface area contributed by atoms with Gasteiger partial charge in [0.15, 0.2) is 0 Å². The largest absolute Gasteiger partial charge is 0.321 e. The third-order valence-corrected chi connectivity index (χ3v) is 5.47. The molecule has 0 aliphatic heterocycles. The number of rotatable bonds is 4. The fraction of sp³-hybridized carbons (Fsp3) is 0.0909. The van der Waals surface area contributed by atoms with E-state index in [0.29, 0.717) is 15.7 Å². The molecule has 0 bridgehead atoms. The number of halogens is 3. The lowest BCUT2D eigenvalue weighted by Gasteiger charge is -2.12. The van der Waals surface area contributed by atoms with Crippen LogP contribution in [0.4, 0.5) is 5.69 Å². The molecule has 29 heavy (non-hydrogen) atoms. The third-order valence-electron chi connectivity index (χ3n) is 4.39. The van der Waals surface area contributed by atoms with Crippen molar-refractivity contribution >= 4 is 56.8 Å². The topological polar surface area (TPSA) is 57.8 Å². The highest BCUT2D eigenvalue weighted by Gasteiger charge is 2.15. The SMILES string of the molecule is Cc1cc(/C=C(/C#N)C(=O)Nc2ccc(Br)cc2)c(C)n1-c1cc(Cl)ccc1Cl. The van der Waals surface area contributed by atoms with E-state index >= 15 is 0 Å². The summed E-state index contributed by atoms with van der Waals surface area (Å²) in [5, 5.41) is 13.4. The Balaban J connectivity index is 1.96. The second-order valence-corrected chi connectivity index (χ2v) is 8.15. The van der Waals surface area contributed by atoms with Gasteiger partial charge in [0, 0.05) is 26.6 Å². The molecule has 0 radical (unpaired) electrons. The maximum absolute atomic E-state index is 12.5. The number of benzene rings is 2. The lowest BCUT2D eigenvalue weighted by atomic mass is 10.1. The van der Waals surface area contributed by atoms with Crippen LogP contribution in [0.2, 0.25) is 10.0 Å². The summed E-state index contributed by atoms with van der Waals surface area (Å²) in [6.07, 6.45) is 1.57. The van der Waals surface area contributed by atoms with Crippen LogP contribution in [0.3, 0.4) is 0 Å². The predicted molar refractivity (Wildman–Crippen MR) is 122 cm³/mol. The number of carbonyl (C=O) groups is 1. The summed E-state index contributed by atoms with van der Waals surface area (Å²) in [5.41, 5.74) is 3.85. The van der Waals surface area contributed by atoms with E-state index in [0.717, 1.165) is 27.1 Å². The summed E-state index contributed by atoms with van der Waals surface area (Å²) in [6, 6.07) is 16.3. The molecule has 2 aromatic carbocycles. The Morgan fingerprint density at radius 1 is 1.14 bits per heavy atom. The van der Waals surface area contributed by atoms with Gasteiger partial charge in [0.05, 0.1) is 10.7 Å². The zero-order valence-electron chi connectivity index (χ0n) is 15.6. The van der Waals surface area contributed by atoms with E-state index in [4.69, 9.17) is 23.2 Å². The van der Waals surface area contributed by atoms with Crippen molar-refractivity contribution in [3.8, 4) is 11.8 Å². The van der Waals surface area contributed by atoms with Crippen molar-refractivity contribution in [1.82, 2.24) is 4.57 Å². The van der Waals surface area contributed by atoms with Crippen molar-refractivity contribution < 1.29 is 4.79 Å². The summed E-state index contributed by atoms with van der Waals surface area (Å²) >= 11 is 15.8. The molecule has 1 amide bonds. The molecule has 0 unspecified atom stereocenters. The van der Waals surface area contributed by atoms with Gasteiger partial charge in [0.1, 0.15) is 11.6 Å². The minimum Gasteiger partial charge on any atom is -0.321 e. The molecule has 1 aromatic heterocycles. The Morgan fingerprint density at radius 2 is 1.83 bits per heavy atom. The molecule has 4 nitrogen and oxygen atoms in total. The van der Waals surface area contributed by atoms with Crippen molar-refractivity contribution in [2.24, 2.45) is 0 Å². The monoisotopic (exact) mass is 487 g/mol. The molecule has 1 N–H and O–H groups in total. The molecule has 0 saturated heterocycles. The summed E-state index contributed by atoms with van der Waals surface area (Å²) in [6.45, 7) is 3.83. The Morgan fingerprint density at radius 3 is 2.48 bits per heavy atom. The first kappa shape index (κ1) is 21.2. The van der Waals surface area contributed by atoms with Gasteiger partial charge in [-0.2, -0.15) is 5.26 Å². The summed E-state index contributed by atoms with van der Waals surface area (Å²) < 4.78 is 2.85. The van der Waals surface area contributed by atoms with Gasteiger partial charge in [-0.15, -0.1) is 0 Å². The highest BCUT2D eigenvalue weighted by Crippen LogP contribution is 2.30. The molecule has 0 fully saturated rings. The average molecular weight is 489 g/mol. The lowest BCUT2D eigenvalue weighted by molar-refractivity contribution is -0.112. The summed E-state index contributed by atoms with van der Waals surface area (Å²) in [5.74, 6) is -0.472. The molecule has 0 aliphatic rings. The second-order valence-electron chi connectivity index (χ2n) is 6.39. The van der Waals surface area contributed by atoms with Gasteiger partial charge in [-0.3, -0.25) is 4.79 Å². The van der Waals surface area contributed by atoms with Crippen LogP contribution < -0.4 is 5.32 Å². The van der Waals surface area contributed by atoms with Crippen LogP contribution >= 0.6 is 39.1 Å². The first-order valence-electron chi connectivity index (χ1n) is 8.63. The van der Waals surface area contributed by atoms with Crippen LogP contribution in [0.15, 0.2) is 58.6 Å². The summed E-state index contributed by atoms with van der Waals surface area (Å²) in [7, 11) is 0. The summed E-state index contributed by atoms with van der Waals surface area (Å²) in [4.78, 5) is 12.5. The lowest BCUT2D eigenvalue weighted by Crippen LogP contribution is -2.13. The molecule has 0 spiro atoms. The highest BCUT2D eigenvalue weighted by atomic mass is 79.9. The van der Waals surface area contributed by atoms with Gasteiger partial charge >= 0.3 is 0 Å². The fourth-order valence-corrected chi connectivity index (χ4v) is 3.63. The zero-order valence-corrected chi connectivity index (χ0v) is 18.7. The van der Waals surface area contributed by atoms with E-state index in [1.807, 2.05) is 42.7 Å². The number of aromatic nitrogens is 1. The number of anilines is 1. The number of carbonyl (C=O) groups excluding carboxylic acids is 1. The van der Waals surface area contributed by atoms with Crippen molar-refractivity contribution in [2.75, 3.05) is 5.32 Å². The quantitative estimate of drug-likeness (QED) is 0.327. The minimum atomic E-state index is -0.472. The molecule has 0 saturated carbocycles. The Hall–Kier alpha value is -2.52. The number of aryl methyl sites for hydroxylation is 1. The smallest absolute Gasteiger partial charge is 0.266 e. The van der Waals surface area contributed by atoms with Gasteiger partial charge in [-0.1, -0.05) is 39.1 Å². The molecule has 146 valence electrons. The number of hydrogen-bond acceptors (Lipinski definition) is 2. The second kappa shape index (κ2) is 8.87. The molecular weight excluding hydrogens is 473 g/mol. The molecule has 0 aliphatic carbocycles.